The molecule has 2 saturated heterocycles. The molecule has 2 aromatic carbocycles. The van der Waals surface area contributed by atoms with E-state index in [2.05, 4.69) is 31.3 Å². The van der Waals surface area contributed by atoms with Crippen molar-refractivity contribution in [2.24, 2.45) is 5.41 Å². The van der Waals surface area contributed by atoms with Gasteiger partial charge in [0.1, 0.15) is 12.2 Å². The van der Waals surface area contributed by atoms with Crippen LogP contribution < -0.4 is 5.32 Å². The van der Waals surface area contributed by atoms with Gasteiger partial charge in [-0.2, -0.15) is 0 Å². The molecule has 2 aromatic rings. The number of carbonyl (C=O) groups excluding carboxylic acids is 3. The number of carbonyl (C=O) groups is 3. The highest BCUT2D eigenvalue weighted by Gasteiger charge is 2.49. The van der Waals surface area contributed by atoms with E-state index in [9.17, 15) is 18.8 Å². The van der Waals surface area contributed by atoms with Crippen molar-refractivity contribution < 1.29 is 18.8 Å². The lowest BCUT2D eigenvalue weighted by Gasteiger charge is -2.33. The van der Waals surface area contributed by atoms with E-state index in [0.29, 0.717) is 18.9 Å². The minimum atomic E-state index is -1.26. The first kappa shape index (κ1) is 25.9. The zero-order valence-electron chi connectivity index (χ0n) is 21.5. The molecule has 4 atom stereocenters. The van der Waals surface area contributed by atoms with Crippen LogP contribution in [-0.4, -0.2) is 59.4 Å². The van der Waals surface area contributed by atoms with Crippen molar-refractivity contribution in [2.75, 3.05) is 19.6 Å². The highest BCUT2D eigenvalue weighted by atomic mass is 19.1. The summed E-state index contributed by atoms with van der Waals surface area (Å²) in [6.07, 6.45) is -0.793. The third-order valence-electron chi connectivity index (χ3n) is 7.60. The van der Waals surface area contributed by atoms with Gasteiger partial charge >= 0.3 is 0 Å². The predicted octanol–water partition coefficient (Wildman–Crippen LogP) is 4.21. The molecule has 2 fully saturated rings. The lowest BCUT2D eigenvalue weighted by Crippen LogP contribution is -2.52. The number of halogens is 1. The number of amides is 3. The van der Waals surface area contributed by atoms with E-state index in [-0.39, 0.29) is 37.2 Å². The largest absolute Gasteiger partial charge is 0.343 e. The molecule has 1 unspecified atom stereocenters. The molecule has 0 radical (unpaired) electrons. The van der Waals surface area contributed by atoms with Crippen LogP contribution in [0.5, 0.6) is 0 Å². The molecule has 0 spiro atoms. The third kappa shape index (κ3) is 5.30. The molecular weight excluding hydrogens is 457 g/mol. The molecule has 2 heterocycles. The Morgan fingerprint density at radius 1 is 1.00 bits per heavy atom. The van der Waals surface area contributed by atoms with Crippen LogP contribution in [0.15, 0.2) is 54.6 Å². The summed E-state index contributed by atoms with van der Waals surface area (Å²) in [7, 11) is 0. The van der Waals surface area contributed by atoms with Crippen LogP contribution in [0.2, 0.25) is 0 Å². The minimum absolute atomic E-state index is 0.0299. The lowest BCUT2D eigenvalue weighted by molar-refractivity contribution is -0.146. The van der Waals surface area contributed by atoms with Gasteiger partial charge in [0.25, 0.3) is 0 Å². The van der Waals surface area contributed by atoms with E-state index in [4.69, 9.17) is 0 Å². The molecule has 1 N–H and O–H groups in total. The zero-order valence-corrected chi connectivity index (χ0v) is 21.5. The summed E-state index contributed by atoms with van der Waals surface area (Å²) >= 11 is 0. The van der Waals surface area contributed by atoms with Crippen LogP contribution in [0.4, 0.5) is 4.39 Å². The van der Waals surface area contributed by atoms with Gasteiger partial charge in [-0.15, -0.1) is 0 Å². The van der Waals surface area contributed by atoms with Crippen LogP contribution in [-0.2, 0) is 14.4 Å². The zero-order chi connectivity index (χ0) is 26.0. The SMILES string of the molecule is CC(=O)N1CCC(C)(C(=O)N2C[C@H](F)C[C@H]2C(=O)N[C@@H](c2ccccc2)c2ccc(C(C)C)cc2)C1. The number of hydrogen-bond acceptors (Lipinski definition) is 3. The Bertz CT molecular complexity index is 1100. The average molecular weight is 494 g/mol. The van der Waals surface area contributed by atoms with Gasteiger partial charge in [0.15, 0.2) is 0 Å². The first-order valence-corrected chi connectivity index (χ1v) is 12.7. The number of benzene rings is 2. The van der Waals surface area contributed by atoms with E-state index in [1.165, 1.54) is 17.4 Å². The fourth-order valence-corrected chi connectivity index (χ4v) is 5.33. The van der Waals surface area contributed by atoms with Gasteiger partial charge in [0.2, 0.25) is 17.7 Å². The fraction of sp³-hybridized carbons (Fsp3) is 0.483. The first-order valence-electron chi connectivity index (χ1n) is 12.7. The van der Waals surface area contributed by atoms with Gasteiger partial charge in [0.05, 0.1) is 18.0 Å². The van der Waals surface area contributed by atoms with E-state index in [1.54, 1.807) is 4.90 Å². The summed E-state index contributed by atoms with van der Waals surface area (Å²) in [4.78, 5) is 42.0. The third-order valence-corrected chi connectivity index (χ3v) is 7.60. The van der Waals surface area contributed by atoms with Crippen molar-refractivity contribution >= 4 is 17.7 Å². The molecule has 6 nitrogen and oxygen atoms in total. The molecule has 3 amide bonds. The fourth-order valence-electron chi connectivity index (χ4n) is 5.33. The molecule has 2 aliphatic rings. The Labute approximate surface area is 212 Å². The van der Waals surface area contributed by atoms with Crippen LogP contribution in [0, 0.1) is 5.41 Å². The standard InChI is InChI=1S/C29H36FN3O3/c1-19(2)21-10-12-23(13-11-21)26(22-8-6-5-7-9-22)31-27(35)25-16-24(30)17-33(25)28(36)29(4)14-15-32(18-29)20(3)34/h5-13,19,24-26H,14-18H2,1-4H3,(H,31,35)/t24-,25+,26+,29?/m1/s1. The summed E-state index contributed by atoms with van der Waals surface area (Å²) < 4.78 is 14.6. The number of likely N-dealkylation sites (tertiary alicyclic amines) is 2. The average Bonchev–Trinajstić information content (AvgIpc) is 3.46. The van der Waals surface area contributed by atoms with Crippen molar-refractivity contribution in [1.82, 2.24) is 15.1 Å². The molecule has 36 heavy (non-hydrogen) atoms. The van der Waals surface area contributed by atoms with Crippen molar-refractivity contribution in [2.45, 2.75) is 64.7 Å². The van der Waals surface area contributed by atoms with Crippen molar-refractivity contribution in [3.63, 3.8) is 0 Å². The maximum Gasteiger partial charge on any atom is 0.243 e. The molecule has 4 rings (SSSR count). The second kappa shape index (κ2) is 10.4. The first-order chi connectivity index (χ1) is 17.1. The maximum absolute atomic E-state index is 14.6. The van der Waals surface area contributed by atoms with Crippen molar-refractivity contribution in [3.8, 4) is 0 Å². The Balaban J connectivity index is 1.57. The van der Waals surface area contributed by atoms with Crippen LogP contribution in [0.1, 0.15) is 69.2 Å². The number of alkyl halides is 1. The Hall–Kier alpha value is -3.22. The number of nitrogens with zero attached hydrogens (tertiary/aromatic N) is 2. The summed E-state index contributed by atoms with van der Waals surface area (Å²) in [6, 6.07) is 16.5. The van der Waals surface area contributed by atoms with Crippen molar-refractivity contribution in [3.05, 3.63) is 71.3 Å². The second-order valence-electron chi connectivity index (χ2n) is 10.7. The van der Waals surface area contributed by atoms with Gasteiger partial charge in [-0.3, -0.25) is 14.4 Å². The van der Waals surface area contributed by atoms with Crippen LogP contribution in [0.25, 0.3) is 0 Å². The van der Waals surface area contributed by atoms with Gasteiger partial charge in [-0.25, -0.2) is 4.39 Å². The molecule has 0 bridgehead atoms. The normalized spacial score (nSPS) is 24.7. The molecule has 0 aliphatic carbocycles. The van der Waals surface area contributed by atoms with E-state index < -0.39 is 23.7 Å². The second-order valence-corrected chi connectivity index (χ2v) is 10.7. The smallest absolute Gasteiger partial charge is 0.243 e. The highest BCUT2D eigenvalue weighted by molar-refractivity contribution is 5.92. The summed E-state index contributed by atoms with van der Waals surface area (Å²) in [5, 5.41) is 3.11. The van der Waals surface area contributed by atoms with Gasteiger partial charge in [0, 0.05) is 26.4 Å². The molecule has 192 valence electrons. The number of rotatable bonds is 6. The predicted molar refractivity (Wildman–Crippen MR) is 137 cm³/mol. The topological polar surface area (TPSA) is 69.7 Å². The molecular formula is C29H36FN3O3. The quantitative estimate of drug-likeness (QED) is 0.655. The molecule has 0 saturated carbocycles. The molecule has 2 aliphatic heterocycles. The lowest BCUT2D eigenvalue weighted by atomic mass is 9.87. The highest BCUT2D eigenvalue weighted by Crippen LogP contribution is 2.36. The van der Waals surface area contributed by atoms with E-state index in [1.807, 2.05) is 49.4 Å². The monoisotopic (exact) mass is 493 g/mol. The van der Waals surface area contributed by atoms with Crippen LogP contribution in [0.3, 0.4) is 0 Å². The van der Waals surface area contributed by atoms with Gasteiger partial charge < -0.3 is 15.1 Å². The van der Waals surface area contributed by atoms with Crippen molar-refractivity contribution in [1.29, 1.82) is 0 Å². The van der Waals surface area contributed by atoms with E-state index in [0.717, 1.165) is 11.1 Å². The van der Waals surface area contributed by atoms with Gasteiger partial charge in [-0.1, -0.05) is 68.4 Å². The Morgan fingerprint density at radius 3 is 2.19 bits per heavy atom. The van der Waals surface area contributed by atoms with Crippen LogP contribution >= 0.6 is 0 Å². The number of hydrogen-bond donors (Lipinski definition) is 1. The molecule has 0 aromatic heterocycles. The Morgan fingerprint density at radius 2 is 1.61 bits per heavy atom. The summed E-state index contributed by atoms with van der Waals surface area (Å²) in [5.74, 6) is -0.321. The minimum Gasteiger partial charge on any atom is -0.343 e. The van der Waals surface area contributed by atoms with Gasteiger partial charge in [-0.05, 0) is 36.0 Å². The Kier molecular flexibility index (Phi) is 7.48. The number of nitrogens with one attached hydrogen (secondary N) is 1. The molecule has 7 heteroatoms. The summed E-state index contributed by atoms with van der Waals surface area (Å²) in [6.45, 7) is 8.22. The summed E-state index contributed by atoms with van der Waals surface area (Å²) in [5.41, 5.74) is 2.22. The van der Waals surface area contributed by atoms with E-state index >= 15 is 0 Å². The maximum atomic E-state index is 14.6.